The van der Waals surface area contributed by atoms with E-state index in [0.29, 0.717) is 6.04 Å². The molecule has 0 bridgehead atoms. The third-order valence-corrected chi connectivity index (χ3v) is 4.89. The summed E-state index contributed by atoms with van der Waals surface area (Å²) in [6, 6.07) is 0.556. The van der Waals surface area contributed by atoms with Crippen LogP contribution in [-0.4, -0.2) is 11.5 Å². The van der Waals surface area contributed by atoms with Crippen LogP contribution in [0.2, 0.25) is 0 Å². The van der Waals surface area contributed by atoms with Crippen LogP contribution in [0.1, 0.15) is 54.2 Å². The zero-order chi connectivity index (χ0) is 11.0. The van der Waals surface area contributed by atoms with Crippen LogP contribution in [0.3, 0.4) is 0 Å². The molecule has 0 saturated heterocycles. The maximum Gasteiger partial charge on any atom is 0.110 e. The lowest BCUT2D eigenvalue weighted by molar-refractivity contribution is 0.492. The smallest absolute Gasteiger partial charge is 0.110 e. The van der Waals surface area contributed by atoms with Crippen LogP contribution >= 0.6 is 11.3 Å². The number of rotatable bonds is 4. The Labute approximate surface area is 101 Å². The molecule has 0 amide bonds. The van der Waals surface area contributed by atoms with Gasteiger partial charge in [0.1, 0.15) is 5.01 Å². The number of fused-ring (bicyclic) bond motifs is 1. The van der Waals surface area contributed by atoms with Gasteiger partial charge in [-0.3, -0.25) is 0 Å². The molecule has 1 heterocycles. The molecule has 0 aromatic carbocycles. The molecular formula is C13H20N2S. The number of aromatic nitrogens is 1. The molecule has 1 aromatic heterocycles. The van der Waals surface area contributed by atoms with Gasteiger partial charge in [0.25, 0.3) is 0 Å². The van der Waals surface area contributed by atoms with Gasteiger partial charge in [0.2, 0.25) is 0 Å². The van der Waals surface area contributed by atoms with Crippen LogP contribution in [0.4, 0.5) is 0 Å². The first-order valence-electron chi connectivity index (χ1n) is 6.60. The molecular weight excluding hydrogens is 216 g/mol. The maximum atomic E-state index is 4.89. The molecule has 88 valence electrons. The number of nitrogens with one attached hydrogen (secondary N) is 1. The Morgan fingerprint density at radius 2 is 2.19 bits per heavy atom. The van der Waals surface area contributed by atoms with Gasteiger partial charge >= 0.3 is 0 Å². The van der Waals surface area contributed by atoms with E-state index in [2.05, 4.69) is 12.2 Å². The van der Waals surface area contributed by atoms with Crippen molar-refractivity contribution < 1.29 is 0 Å². The van der Waals surface area contributed by atoms with E-state index in [1.165, 1.54) is 49.2 Å². The fourth-order valence-electron chi connectivity index (χ4n) is 2.61. The van der Waals surface area contributed by atoms with Gasteiger partial charge in [-0.2, -0.15) is 0 Å². The number of hydrogen-bond acceptors (Lipinski definition) is 3. The molecule has 1 N–H and O–H groups in total. The summed E-state index contributed by atoms with van der Waals surface area (Å²) in [5.74, 6) is 0.868. The van der Waals surface area contributed by atoms with Gasteiger partial charge < -0.3 is 5.32 Å². The quantitative estimate of drug-likeness (QED) is 0.869. The molecule has 1 aromatic rings. The van der Waals surface area contributed by atoms with E-state index in [4.69, 9.17) is 4.98 Å². The average Bonchev–Trinajstić information content (AvgIpc) is 3.04. The Bertz CT molecular complexity index is 345. The largest absolute Gasteiger partial charge is 0.308 e. The SMILES string of the molecule is CCNC(c1nc2c(s1)CCCC2)C1CC1. The highest BCUT2D eigenvalue weighted by molar-refractivity contribution is 7.11. The first-order chi connectivity index (χ1) is 7.88. The van der Waals surface area contributed by atoms with E-state index in [1.54, 1.807) is 4.88 Å². The second-order valence-corrected chi connectivity index (χ2v) is 6.12. The van der Waals surface area contributed by atoms with Crippen molar-refractivity contribution in [3.8, 4) is 0 Å². The summed E-state index contributed by atoms with van der Waals surface area (Å²) in [5, 5.41) is 4.99. The topological polar surface area (TPSA) is 24.9 Å². The fraction of sp³-hybridized carbons (Fsp3) is 0.769. The normalized spacial score (nSPS) is 21.8. The van der Waals surface area contributed by atoms with E-state index in [-0.39, 0.29) is 0 Å². The van der Waals surface area contributed by atoms with Crippen molar-refractivity contribution in [1.29, 1.82) is 0 Å². The van der Waals surface area contributed by atoms with Crippen molar-refractivity contribution in [3.05, 3.63) is 15.6 Å². The average molecular weight is 236 g/mol. The van der Waals surface area contributed by atoms with Crippen LogP contribution in [0, 0.1) is 5.92 Å². The lowest BCUT2D eigenvalue weighted by atomic mass is 10.0. The summed E-state index contributed by atoms with van der Waals surface area (Å²) < 4.78 is 0. The summed E-state index contributed by atoms with van der Waals surface area (Å²) in [7, 11) is 0. The molecule has 2 aliphatic carbocycles. The predicted molar refractivity (Wildman–Crippen MR) is 67.9 cm³/mol. The third kappa shape index (κ3) is 2.03. The maximum absolute atomic E-state index is 4.89. The van der Waals surface area contributed by atoms with Crippen molar-refractivity contribution in [2.45, 2.75) is 51.5 Å². The number of thiazole rings is 1. The molecule has 0 spiro atoms. The van der Waals surface area contributed by atoms with Crippen LogP contribution in [0.25, 0.3) is 0 Å². The van der Waals surface area contributed by atoms with Crippen LogP contribution < -0.4 is 5.32 Å². The molecule has 2 nitrogen and oxygen atoms in total. The van der Waals surface area contributed by atoms with Gasteiger partial charge in [0.15, 0.2) is 0 Å². The molecule has 2 aliphatic rings. The Hall–Kier alpha value is -0.410. The molecule has 1 atom stereocenters. The highest BCUT2D eigenvalue weighted by atomic mass is 32.1. The molecule has 1 fully saturated rings. The Morgan fingerprint density at radius 1 is 1.38 bits per heavy atom. The summed E-state index contributed by atoms with van der Waals surface area (Å²) in [6.45, 7) is 3.26. The molecule has 3 heteroatoms. The summed E-state index contributed by atoms with van der Waals surface area (Å²) in [4.78, 5) is 6.46. The molecule has 0 radical (unpaired) electrons. The summed E-state index contributed by atoms with van der Waals surface area (Å²) in [6.07, 6.45) is 7.98. The second-order valence-electron chi connectivity index (χ2n) is 5.00. The monoisotopic (exact) mass is 236 g/mol. The van der Waals surface area contributed by atoms with Crippen molar-refractivity contribution in [1.82, 2.24) is 10.3 Å². The minimum absolute atomic E-state index is 0.556. The Morgan fingerprint density at radius 3 is 2.88 bits per heavy atom. The zero-order valence-electron chi connectivity index (χ0n) is 9.96. The number of nitrogens with zero attached hydrogens (tertiary/aromatic N) is 1. The lowest BCUT2D eigenvalue weighted by Gasteiger charge is -2.13. The molecule has 0 aliphatic heterocycles. The molecule has 16 heavy (non-hydrogen) atoms. The zero-order valence-corrected chi connectivity index (χ0v) is 10.8. The Kier molecular flexibility index (Phi) is 2.99. The number of aryl methyl sites for hydroxylation is 2. The second kappa shape index (κ2) is 4.46. The van der Waals surface area contributed by atoms with Crippen LogP contribution in [-0.2, 0) is 12.8 Å². The van der Waals surface area contributed by atoms with Gasteiger partial charge in [-0.05, 0) is 51.0 Å². The molecule has 3 rings (SSSR count). The van der Waals surface area contributed by atoms with E-state index < -0.39 is 0 Å². The third-order valence-electron chi connectivity index (χ3n) is 3.65. The summed E-state index contributed by atoms with van der Waals surface area (Å²) >= 11 is 1.98. The van der Waals surface area contributed by atoms with Gasteiger partial charge in [-0.25, -0.2) is 4.98 Å². The number of hydrogen-bond donors (Lipinski definition) is 1. The van der Waals surface area contributed by atoms with E-state index in [0.717, 1.165) is 12.5 Å². The fourth-order valence-corrected chi connectivity index (χ4v) is 3.93. The summed E-state index contributed by atoms with van der Waals surface area (Å²) in [5.41, 5.74) is 1.41. The highest BCUT2D eigenvalue weighted by Crippen LogP contribution is 2.43. The molecule has 1 saturated carbocycles. The minimum atomic E-state index is 0.556. The van der Waals surface area contributed by atoms with E-state index in [9.17, 15) is 0 Å². The van der Waals surface area contributed by atoms with E-state index in [1.807, 2.05) is 11.3 Å². The van der Waals surface area contributed by atoms with Crippen molar-refractivity contribution in [2.24, 2.45) is 5.92 Å². The molecule has 1 unspecified atom stereocenters. The van der Waals surface area contributed by atoms with Gasteiger partial charge in [-0.15, -0.1) is 11.3 Å². The standard InChI is InChI=1S/C13H20N2S/c1-2-14-12(9-7-8-9)13-15-10-5-3-4-6-11(10)16-13/h9,12,14H,2-8H2,1H3. The Balaban J connectivity index is 1.83. The van der Waals surface area contributed by atoms with E-state index >= 15 is 0 Å². The van der Waals surface area contributed by atoms with Gasteiger partial charge in [0, 0.05) is 4.88 Å². The first-order valence-corrected chi connectivity index (χ1v) is 7.42. The van der Waals surface area contributed by atoms with Crippen LogP contribution in [0.15, 0.2) is 0 Å². The lowest BCUT2D eigenvalue weighted by Crippen LogP contribution is -2.22. The van der Waals surface area contributed by atoms with Crippen LogP contribution in [0.5, 0.6) is 0 Å². The highest BCUT2D eigenvalue weighted by Gasteiger charge is 2.34. The van der Waals surface area contributed by atoms with Gasteiger partial charge in [-0.1, -0.05) is 6.92 Å². The minimum Gasteiger partial charge on any atom is -0.308 e. The predicted octanol–water partition coefficient (Wildman–Crippen LogP) is 3.08. The van der Waals surface area contributed by atoms with Crippen molar-refractivity contribution in [2.75, 3.05) is 6.54 Å². The van der Waals surface area contributed by atoms with Gasteiger partial charge in [0.05, 0.1) is 11.7 Å². The van der Waals surface area contributed by atoms with Crippen molar-refractivity contribution in [3.63, 3.8) is 0 Å². The van der Waals surface area contributed by atoms with Crippen molar-refractivity contribution >= 4 is 11.3 Å². The first kappa shape index (κ1) is 10.7.